The lowest BCUT2D eigenvalue weighted by atomic mass is 9.95. The zero-order valence-corrected chi connectivity index (χ0v) is 16.2. The molecule has 25 heavy (non-hydrogen) atoms. The van der Waals surface area contributed by atoms with Crippen LogP contribution in [0.15, 0.2) is 38.7 Å². The molecule has 1 N–H and O–H groups in total. The summed E-state index contributed by atoms with van der Waals surface area (Å²) in [5.41, 5.74) is 2.35. The van der Waals surface area contributed by atoms with Crippen molar-refractivity contribution in [2.75, 3.05) is 20.3 Å². The van der Waals surface area contributed by atoms with Crippen LogP contribution in [0.3, 0.4) is 0 Å². The van der Waals surface area contributed by atoms with E-state index in [1.807, 2.05) is 25.3 Å². The highest BCUT2D eigenvalue weighted by molar-refractivity contribution is 8.01. The Morgan fingerprint density at radius 2 is 2.16 bits per heavy atom. The van der Waals surface area contributed by atoms with E-state index in [1.54, 1.807) is 37.1 Å². The molecule has 134 valence electrons. The summed E-state index contributed by atoms with van der Waals surface area (Å²) < 4.78 is 12.4. The Labute approximate surface area is 156 Å². The van der Waals surface area contributed by atoms with E-state index in [0.29, 0.717) is 18.9 Å². The van der Waals surface area contributed by atoms with E-state index in [4.69, 9.17) is 14.7 Å². The molecule has 2 aromatic rings. The molecule has 1 saturated heterocycles. The number of nitrogens with zero attached hydrogens (tertiary/aromatic N) is 2. The van der Waals surface area contributed by atoms with E-state index in [9.17, 15) is 0 Å². The van der Waals surface area contributed by atoms with E-state index in [0.717, 1.165) is 38.1 Å². The van der Waals surface area contributed by atoms with E-state index in [-0.39, 0.29) is 5.60 Å². The molecule has 0 atom stereocenters. The highest BCUT2D eigenvalue weighted by Gasteiger charge is 2.37. The number of methoxy groups -OCH3 is 1. The molecule has 0 bridgehead atoms. The molecule has 0 saturated carbocycles. The van der Waals surface area contributed by atoms with Crippen LogP contribution in [0.1, 0.15) is 35.9 Å². The second kappa shape index (κ2) is 7.86. The van der Waals surface area contributed by atoms with Crippen LogP contribution < -0.4 is 0 Å². The Morgan fingerprint density at radius 3 is 2.80 bits per heavy atom. The van der Waals surface area contributed by atoms with Crippen molar-refractivity contribution in [3.8, 4) is 0 Å². The van der Waals surface area contributed by atoms with Crippen LogP contribution in [0.25, 0.3) is 0 Å². The third-order valence-corrected chi connectivity index (χ3v) is 6.80. The van der Waals surface area contributed by atoms with Gasteiger partial charge in [0.2, 0.25) is 0 Å². The van der Waals surface area contributed by atoms with Gasteiger partial charge in [0.05, 0.1) is 16.1 Å². The molecule has 1 aromatic heterocycles. The SMILES string of the molecule is COC1(c2ncc(Sc3ccc(/C(C)=N/O)c(C)c3)s2)CCOCC1. The van der Waals surface area contributed by atoms with Gasteiger partial charge >= 0.3 is 0 Å². The molecule has 1 aromatic carbocycles. The van der Waals surface area contributed by atoms with Crippen molar-refractivity contribution < 1.29 is 14.7 Å². The number of rotatable bonds is 5. The lowest BCUT2D eigenvalue weighted by Gasteiger charge is -2.33. The number of thiazole rings is 1. The first kappa shape index (κ1) is 18.4. The van der Waals surface area contributed by atoms with Crippen LogP contribution in [0, 0.1) is 6.92 Å². The molecule has 0 aliphatic carbocycles. The summed E-state index contributed by atoms with van der Waals surface area (Å²) in [5.74, 6) is 0. The minimum absolute atomic E-state index is 0.309. The predicted molar refractivity (Wildman–Crippen MR) is 100 cm³/mol. The number of hydrogen-bond donors (Lipinski definition) is 1. The van der Waals surface area contributed by atoms with Gasteiger partial charge in [-0.2, -0.15) is 0 Å². The van der Waals surface area contributed by atoms with Gasteiger partial charge in [-0.15, -0.1) is 11.3 Å². The predicted octanol–water partition coefficient (Wildman–Crippen LogP) is 4.45. The van der Waals surface area contributed by atoms with Crippen LogP contribution in [-0.2, 0) is 15.1 Å². The van der Waals surface area contributed by atoms with Gasteiger partial charge in [-0.25, -0.2) is 4.98 Å². The summed E-state index contributed by atoms with van der Waals surface area (Å²) in [6.45, 7) is 5.24. The average molecular weight is 379 g/mol. The summed E-state index contributed by atoms with van der Waals surface area (Å²) in [6.07, 6.45) is 3.61. The van der Waals surface area contributed by atoms with E-state index < -0.39 is 0 Å². The third kappa shape index (κ3) is 3.89. The van der Waals surface area contributed by atoms with Crippen molar-refractivity contribution in [2.45, 2.75) is 41.4 Å². The first-order chi connectivity index (χ1) is 12.1. The third-order valence-electron chi connectivity index (χ3n) is 4.52. The molecule has 0 unspecified atom stereocenters. The lowest BCUT2D eigenvalue weighted by Crippen LogP contribution is -2.35. The number of aryl methyl sites for hydroxylation is 1. The molecule has 1 aliphatic rings. The van der Waals surface area contributed by atoms with Crippen LogP contribution in [0.4, 0.5) is 0 Å². The van der Waals surface area contributed by atoms with Gasteiger partial charge in [0.15, 0.2) is 0 Å². The Balaban J connectivity index is 1.78. The second-order valence-electron chi connectivity index (χ2n) is 6.06. The largest absolute Gasteiger partial charge is 0.411 e. The van der Waals surface area contributed by atoms with E-state index in [2.05, 4.69) is 16.2 Å². The van der Waals surface area contributed by atoms with Crippen molar-refractivity contribution in [1.82, 2.24) is 4.98 Å². The van der Waals surface area contributed by atoms with Gasteiger partial charge in [-0.05, 0) is 31.5 Å². The second-order valence-corrected chi connectivity index (χ2v) is 8.46. The monoisotopic (exact) mass is 378 g/mol. The molecule has 1 aliphatic heterocycles. The zero-order valence-electron chi connectivity index (χ0n) is 14.6. The quantitative estimate of drug-likeness (QED) is 0.473. The number of hydrogen-bond acceptors (Lipinski definition) is 7. The average Bonchev–Trinajstić information content (AvgIpc) is 3.11. The van der Waals surface area contributed by atoms with Gasteiger partial charge in [0.25, 0.3) is 0 Å². The smallest absolute Gasteiger partial charge is 0.126 e. The van der Waals surface area contributed by atoms with Crippen molar-refractivity contribution >= 4 is 28.8 Å². The summed E-state index contributed by atoms with van der Waals surface area (Å²) in [4.78, 5) is 5.76. The lowest BCUT2D eigenvalue weighted by molar-refractivity contribution is -0.0948. The van der Waals surface area contributed by atoms with E-state index >= 15 is 0 Å². The minimum Gasteiger partial charge on any atom is -0.411 e. The minimum atomic E-state index is -0.309. The topological polar surface area (TPSA) is 63.9 Å². The van der Waals surface area contributed by atoms with Crippen LogP contribution >= 0.6 is 23.1 Å². The Hall–Kier alpha value is -1.41. The highest BCUT2D eigenvalue weighted by Crippen LogP contribution is 2.41. The fraction of sp³-hybridized carbons (Fsp3) is 0.444. The van der Waals surface area contributed by atoms with Gasteiger partial charge in [-0.3, -0.25) is 0 Å². The van der Waals surface area contributed by atoms with Crippen LogP contribution in [0.2, 0.25) is 0 Å². The zero-order chi connectivity index (χ0) is 17.9. The number of aromatic nitrogens is 1. The summed E-state index contributed by atoms with van der Waals surface area (Å²) in [7, 11) is 1.76. The molecule has 2 heterocycles. The Morgan fingerprint density at radius 1 is 1.40 bits per heavy atom. The molecule has 7 heteroatoms. The maximum Gasteiger partial charge on any atom is 0.126 e. The van der Waals surface area contributed by atoms with Crippen molar-refractivity contribution in [3.63, 3.8) is 0 Å². The summed E-state index contributed by atoms with van der Waals surface area (Å²) in [5, 5.41) is 13.3. The number of benzene rings is 1. The van der Waals surface area contributed by atoms with Crippen molar-refractivity contribution in [2.24, 2.45) is 5.16 Å². The molecular formula is C18H22N2O3S2. The van der Waals surface area contributed by atoms with E-state index in [1.165, 1.54) is 0 Å². The fourth-order valence-electron chi connectivity index (χ4n) is 3.00. The maximum atomic E-state index is 8.95. The van der Waals surface area contributed by atoms with Gasteiger partial charge in [0.1, 0.15) is 10.6 Å². The molecule has 0 radical (unpaired) electrons. The Bertz CT molecular complexity index is 767. The standard InChI is InChI=1S/C18H22N2O3S2/c1-12-10-14(4-5-15(12)13(2)20-21)24-16-11-19-17(25-16)18(22-3)6-8-23-9-7-18/h4-5,10-11,21H,6-9H2,1-3H3/b20-13+. The number of ether oxygens (including phenoxy) is 2. The van der Waals surface area contributed by atoms with Gasteiger partial charge in [0, 0.05) is 43.6 Å². The molecule has 0 amide bonds. The normalized spacial score (nSPS) is 17.6. The maximum absolute atomic E-state index is 8.95. The molecule has 5 nitrogen and oxygen atoms in total. The van der Waals surface area contributed by atoms with Gasteiger partial charge in [-0.1, -0.05) is 23.0 Å². The first-order valence-electron chi connectivity index (χ1n) is 8.15. The van der Waals surface area contributed by atoms with Crippen LogP contribution in [0.5, 0.6) is 0 Å². The first-order valence-corrected chi connectivity index (χ1v) is 9.78. The number of oxime groups is 1. The molecular weight excluding hydrogens is 356 g/mol. The summed E-state index contributed by atoms with van der Waals surface area (Å²) >= 11 is 3.38. The summed E-state index contributed by atoms with van der Waals surface area (Å²) in [6, 6.07) is 6.14. The molecule has 1 fully saturated rings. The van der Waals surface area contributed by atoms with Crippen molar-refractivity contribution in [1.29, 1.82) is 0 Å². The highest BCUT2D eigenvalue weighted by atomic mass is 32.2. The molecule has 0 spiro atoms. The van der Waals surface area contributed by atoms with Crippen LogP contribution in [-0.4, -0.2) is 36.2 Å². The Kier molecular flexibility index (Phi) is 5.78. The van der Waals surface area contributed by atoms with Crippen molar-refractivity contribution in [3.05, 3.63) is 40.5 Å². The molecule has 3 rings (SSSR count). The van der Waals surface area contributed by atoms with Gasteiger partial charge < -0.3 is 14.7 Å². The fourth-order valence-corrected chi connectivity index (χ4v) is 5.28.